The van der Waals surface area contributed by atoms with Crippen molar-refractivity contribution < 1.29 is 14.7 Å². The van der Waals surface area contributed by atoms with E-state index in [9.17, 15) is 9.59 Å². The first-order chi connectivity index (χ1) is 13.5. The first-order valence-corrected chi connectivity index (χ1v) is 10.1. The van der Waals surface area contributed by atoms with Gasteiger partial charge in [-0.3, -0.25) is 9.59 Å². The highest BCUT2D eigenvalue weighted by molar-refractivity contribution is 6.72. The van der Waals surface area contributed by atoms with Crippen molar-refractivity contribution >= 4 is 24.7 Å². The van der Waals surface area contributed by atoms with Crippen LogP contribution >= 0.6 is 0 Å². The lowest BCUT2D eigenvalue weighted by Gasteiger charge is -2.27. The Labute approximate surface area is 166 Å². The molecule has 1 amide bonds. The highest BCUT2D eigenvalue weighted by Crippen LogP contribution is 2.39. The molecule has 1 fully saturated rings. The van der Waals surface area contributed by atoms with E-state index in [-0.39, 0.29) is 11.7 Å². The molecule has 1 radical (unpaired) electrons. The Morgan fingerprint density at radius 3 is 2.32 bits per heavy atom. The van der Waals surface area contributed by atoms with Crippen LogP contribution in [0.3, 0.4) is 0 Å². The Balaban J connectivity index is 1.44. The summed E-state index contributed by atoms with van der Waals surface area (Å²) in [6, 6.07) is 15.2. The molecule has 2 aromatic rings. The number of rotatable bonds is 4. The smallest absolute Gasteiger partial charge is 0.264 e. The minimum Gasteiger partial charge on any atom is -0.490 e. The van der Waals surface area contributed by atoms with Gasteiger partial charge in [-0.15, -0.1) is 0 Å². The van der Waals surface area contributed by atoms with Crippen molar-refractivity contribution in [2.24, 2.45) is 0 Å². The number of carbonyl (C=O) groups excluding carboxylic acids is 1. The summed E-state index contributed by atoms with van der Waals surface area (Å²) >= 11 is 0. The maximum Gasteiger partial charge on any atom is 0.264 e. The molecule has 2 aromatic carbocycles. The third-order valence-electron chi connectivity index (χ3n) is 6.22. The zero-order valence-corrected chi connectivity index (χ0v) is 16.2. The average Bonchev–Trinajstić information content (AvgIpc) is 3.12. The van der Waals surface area contributed by atoms with E-state index in [4.69, 9.17) is 5.11 Å². The second kappa shape index (κ2) is 7.82. The first kappa shape index (κ1) is 18.8. The number of fused-ring (bicyclic) bond motifs is 1. The normalized spacial score (nSPS) is 21.2. The fourth-order valence-corrected chi connectivity index (χ4v) is 4.68. The highest BCUT2D eigenvalue weighted by Gasteiger charge is 2.25. The summed E-state index contributed by atoms with van der Waals surface area (Å²) in [5, 5.41) is 8.91. The van der Waals surface area contributed by atoms with E-state index in [1.807, 2.05) is 4.90 Å². The van der Waals surface area contributed by atoms with Gasteiger partial charge < -0.3 is 10.0 Å². The minimum atomic E-state index is -0.798. The van der Waals surface area contributed by atoms with Crippen molar-refractivity contribution in [2.75, 3.05) is 11.4 Å². The number of anilines is 1. The molecule has 28 heavy (non-hydrogen) atoms. The molecule has 1 saturated carbocycles. The van der Waals surface area contributed by atoms with Crippen LogP contribution in [0.5, 0.6) is 0 Å². The molecule has 0 aromatic heterocycles. The molecule has 2 aliphatic rings. The Morgan fingerprint density at radius 1 is 1.00 bits per heavy atom. The van der Waals surface area contributed by atoms with Gasteiger partial charge in [0.2, 0.25) is 11.8 Å². The van der Waals surface area contributed by atoms with Gasteiger partial charge in [-0.2, -0.15) is 0 Å². The third kappa shape index (κ3) is 3.84. The minimum absolute atomic E-state index is 0.103. The van der Waals surface area contributed by atoms with Gasteiger partial charge in [0.1, 0.15) is 0 Å². The molecular weight excluding hydrogens is 349 g/mol. The van der Waals surface area contributed by atoms with Crippen LogP contribution in [0.1, 0.15) is 49.7 Å². The summed E-state index contributed by atoms with van der Waals surface area (Å²) in [6.07, 6.45) is 4.92. The molecule has 0 bridgehead atoms. The third-order valence-corrected chi connectivity index (χ3v) is 6.22. The summed E-state index contributed by atoms with van der Waals surface area (Å²) in [6.45, 7) is 2.39. The SMILES string of the molecule is CC(=O)N1CCc2cc(-c3ccc(C4CCC([B]C(=O)O)CC4)cc3)ccc21. The Hall–Kier alpha value is -2.56. The molecule has 0 atom stereocenters. The molecule has 0 saturated heterocycles. The topological polar surface area (TPSA) is 57.6 Å². The van der Waals surface area contributed by atoms with Crippen LogP contribution in [-0.4, -0.2) is 30.7 Å². The zero-order chi connectivity index (χ0) is 19.7. The maximum absolute atomic E-state index is 11.7. The van der Waals surface area contributed by atoms with Crippen LogP contribution in [0, 0.1) is 0 Å². The molecule has 1 heterocycles. The van der Waals surface area contributed by atoms with Crippen LogP contribution in [0.4, 0.5) is 10.5 Å². The lowest BCUT2D eigenvalue weighted by molar-refractivity contribution is -0.116. The number of amides is 1. The van der Waals surface area contributed by atoms with Crippen LogP contribution in [-0.2, 0) is 11.2 Å². The molecule has 1 aliphatic carbocycles. The van der Waals surface area contributed by atoms with Gasteiger partial charge in [0.05, 0.1) is 0 Å². The molecular formula is C23H25BNO3. The standard InChI is InChI=1S/C23H25BNO3/c1-15(26)25-13-12-20-14-19(8-11-22(20)25)18-4-2-16(3-5-18)17-6-9-21(10-7-17)24-23(27)28/h2-5,8,11,14,17,21H,6-7,9-10,12-13H2,1H3,(H,27,28). The number of hydrogen-bond donors (Lipinski definition) is 1. The van der Waals surface area contributed by atoms with Crippen molar-refractivity contribution in [1.82, 2.24) is 0 Å². The summed E-state index contributed by atoms with van der Waals surface area (Å²) in [4.78, 5) is 24.4. The van der Waals surface area contributed by atoms with Crippen LogP contribution in [0.15, 0.2) is 42.5 Å². The molecule has 1 N–H and O–H groups in total. The zero-order valence-electron chi connectivity index (χ0n) is 16.2. The molecule has 1 aliphatic heterocycles. The Morgan fingerprint density at radius 2 is 1.68 bits per heavy atom. The van der Waals surface area contributed by atoms with Crippen molar-refractivity contribution in [3.8, 4) is 11.1 Å². The summed E-state index contributed by atoms with van der Waals surface area (Å²) in [5.74, 6) is 0.0470. The fourth-order valence-electron chi connectivity index (χ4n) is 4.68. The Kier molecular flexibility index (Phi) is 5.25. The van der Waals surface area contributed by atoms with E-state index in [0.29, 0.717) is 5.92 Å². The van der Waals surface area contributed by atoms with Crippen molar-refractivity contribution in [2.45, 2.75) is 50.8 Å². The molecule has 0 unspecified atom stereocenters. The highest BCUT2D eigenvalue weighted by atomic mass is 16.4. The van der Waals surface area contributed by atoms with Crippen LogP contribution in [0.2, 0.25) is 5.82 Å². The number of carboxylic acid groups (broad SMARTS) is 1. The number of benzene rings is 2. The summed E-state index contributed by atoms with van der Waals surface area (Å²) in [5.41, 5.74) is 6.02. The quantitative estimate of drug-likeness (QED) is 0.759. The average molecular weight is 374 g/mol. The van der Waals surface area contributed by atoms with Crippen LogP contribution < -0.4 is 4.90 Å². The van der Waals surface area contributed by atoms with E-state index in [2.05, 4.69) is 42.5 Å². The fraction of sp³-hybridized carbons (Fsp3) is 0.391. The van der Waals surface area contributed by atoms with Gasteiger partial charge in [0.15, 0.2) is 0 Å². The van der Waals surface area contributed by atoms with Crippen molar-refractivity contribution in [3.05, 3.63) is 53.6 Å². The number of nitrogens with zero attached hydrogens (tertiary/aromatic N) is 1. The predicted molar refractivity (Wildman–Crippen MR) is 112 cm³/mol. The second-order valence-electron chi connectivity index (χ2n) is 8.00. The monoisotopic (exact) mass is 374 g/mol. The number of hydrogen-bond acceptors (Lipinski definition) is 2. The maximum atomic E-state index is 11.7. The number of carbonyl (C=O) groups is 2. The summed E-state index contributed by atoms with van der Waals surface area (Å²) < 4.78 is 0. The first-order valence-electron chi connectivity index (χ1n) is 10.1. The second-order valence-corrected chi connectivity index (χ2v) is 8.00. The van der Waals surface area contributed by atoms with E-state index in [1.165, 1.54) is 29.5 Å². The van der Waals surface area contributed by atoms with Crippen molar-refractivity contribution in [3.63, 3.8) is 0 Å². The van der Waals surface area contributed by atoms with Gasteiger partial charge in [-0.05, 0) is 59.6 Å². The van der Waals surface area contributed by atoms with E-state index in [0.717, 1.165) is 44.3 Å². The predicted octanol–water partition coefficient (Wildman–Crippen LogP) is 5.09. The van der Waals surface area contributed by atoms with Gasteiger partial charge in [-0.25, -0.2) is 0 Å². The van der Waals surface area contributed by atoms with Crippen LogP contribution in [0.25, 0.3) is 11.1 Å². The molecule has 4 nitrogen and oxygen atoms in total. The van der Waals surface area contributed by atoms with Gasteiger partial charge >= 0.3 is 0 Å². The largest absolute Gasteiger partial charge is 0.490 e. The molecule has 4 rings (SSSR count). The molecule has 5 heteroatoms. The molecule has 0 spiro atoms. The Bertz CT molecular complexity index is 885. The van der Waals surface area contributed by atoms with E-state index < -0.39 is 5.87 Å². The molecule has 143 valence electrons. The lowest BCUT2D eigenvalue weighted by Crippen LogP contribution is -2.25. The van der Waals surface area contributed by atoms with Gasteiger partial charge in [0.25, 0.3) is 7.28 Å². The van der Waals surface area contributed by atoms with Gasteiger partial charge in [-0.1, -0.05) is 49.0 Å². The lowest BCUT2D eigenvalue weighted by atomic mass is 9.57. The van der Waals surface area contributed by atoms with E-state index >= 15 is 0 Å². The van der Waals surface area contributed by atoms with E-state index in [1.54, 1.807) is 6.92 Å². The van der Waals surface area contributed by atoms with Crippen molar-refractivity contribution in [1.29, 1.82) is 0 Å². The van der Waals surface area contributed by atoms with Gasteiger partial charge in [0, 0.05) is 19.2 Å². The summed E-state index contributed by atoms with van der Waals surface area (Å²) in [7, 11) is 1.46.